The van der Waals surface area contributed by atoms with E-state index >= 15 is 0 Å². The molecule has 0 atom stereocenters. The van der Waals surface area contributed by atoms with Gasteiger partial charge in [0.2, 0.25) is 0 Å². The molecule has 1 heterocycles. The molecule has 1 saturated heterocycles. The van der Waals surface area contributed by atoms with Gasteiger partial charge in [-0.15, -0.1) is 0 Å². The number of aryl methyl sites for hydroxylation is 1. The second-order valence-corrected chi connectivity index (χ2v) is 5.62. The van der Waals surface area contributed by atoms with Crippen LogP contribution in [0.4, 0.5) is 0 Å². The van der Waals surface area contributed by atoms with E-state index in [1.165, 1.54) is 31.5 Å². The summed E-state index contributed by atoms with van der Waals surface area (Å²) in [7, 11) is 0. The van der Waals surface area contributed by atoms with E-state index in [1.807, 2.05) is 12.1 Å². The number of oxime groups is 1. The summed E-state index contributed by atoms with van der Waals surface area (Å²) in [6.45, 7) is 4.13. The van der Waals surface area contributed by atoms with Gasteiger partial charge in [0.15, 0.2) is 0 Å². The van der Waals surface area contributed by atoms with E-state index in [2.05, 4.69) is 16.1 Å². The maximum absolute atomic E-state index is 9.09. The largest absolute Gasteiger partial charge is 0.492 e. The molecule has 0 saturated carbocycles. The van der Waals surface area contributed by atoms with Gasteiger partial charge in [-0.25, -0.2) is 0 Å². The van der Waals surface area contributed by atoms with E-state index < -0.39 is 0 Å². The van der Waals surface area contributed by atoms with Crippen LogP contribution in [0.5, 0.6) is 5.75 Å². The van der Waals surface area contributed by atoms with Crippen molar-refractivity contribution in [2.45, 2.75) is 32.1 Å². The van der Waals surface area contributed by atoms with Crippen LogP contribution in [-0.4, -0.2) is 42.1 Å². The fraction of sp³-hybridized carbons (Fsp3) is 0.562. The number of hydrogen-bond acceptors (Lipinski definition) is 4. The van der Waals surface area contributed by atoms with Gasteiger partial charge in [0, 0.05) is 12.1 Å². The average molecular weight is 274 g/mol. The van der Waals surface area contributed by atoms with E-state index in [4.69, 9.17) is 9.94 Å². The minimum atomic E-state index is 0.727. The summed E-state index contributed by atoms with van der Waals surface area (Å²) in [6, 6.07) is 6.15. The zero-order chi connectivity index (χ0) is 13.8. The van der Waals surface area contributed by atoms with Crippen LogP contribution in [0.15, 0.2) is 23.4 Å². The third-order valence-corrected chi connectivity index (χ3v) is 4.25. The quantitative estimate of drug-likeness (QED) is 0.678. The number of ether oxygens (including phenoxy) is 1. The van der Waals surface area contributed by atoms with Gasteiger partial charge in [-0.3, -0.25) is 4.90 Å². The molecule has 0 spiro atoms. The van der Waals surface area contributed by atoms with Crippen LogP contribution in [0, 0.1) is 0 Å². The standard InChI is InChI=1S/C16H22N2O2/c19-17-16-5-3-4-13-6-7-14(12-15(13)16)20-11-10-18-8-1-2-9-18/h6-7,12,19H,1-5,8-11H2/b17-16-. The van der Waals surface area contributed by atoms with Gasteiger partial charge in [-0.1, -0.05) is 11.2 Å². The molecular weight excluding hydrogens is 252 g/mol. The van der Waals surface area contributed by atoms with Crippen LogP contribution in [0.3, 0.4) is 0 Å². The van der Waals surface area contributed by atoms with Crippen LogP contribution in [-0.2, 0) is 6.42 Å². The minimum absolute atomic E-state index is 0.727. The second-order valence-electron chi connectivity index (χ2n) is 5.62. The fourth-order valence-corrected chi connectivity index (χ4v) is 3.12. The predicted molar refractivity (Wildman–Crippen MR) is 78.9 cm³/mol. The smallest absolute Gasteiger partial charge is 0.120 e. The summed E-state index contributed by atoms with van der Waals surface area (Å²) in [5, 5.41) is 12.5. The Bertz CT molecular complexity index is 493. The lowest BCUT2D eigenvalue weighted by molar-refractivity contribution is 0.237. The van der Waals surface area contributed by atoms with Crippen LogP contribution < -0.4 is 4.74 Å². The van der Waals surface area contributed by atoms with Crippen LogP contribution in [0.1, 0.15) is 36.8 Å². The van der Waals surface area contributed by atoms with Gasteiger partial charge in [-0.05, 0) is 62.9 Å². The normalized spacial score (nSPS) is 21.1. The highest BCUT2D eigenvalue weighted by Gasteiger charge is 2.17. The first-order chi connectivity index (χ1) is 9.86. The molecule has 0 aromatic heterocycles. The lowest BCUT2D eigenvalue weighted by Gasteiger charge is -2.19. The van der Waals surface area contributed by atoms with Gasteiger partial charge in [0.05, 0.1) is 5.71 Å². The lowest BCUT2D eigenvalue weighted by atomic mass is 9.90. The van der Waals surface area contributed by atoms with Gasteiger partial charge in [0.25, 0.3) is 0 Å². The first-order valence-electron chi connectivity index (χ1n) is 7.56. The molecule has 1 fully saturated rings. The maximum Gasteiger partial charge on any atom is 0.120 e. The van der Waals surface area contributed by atoms with Crippen molar-refractivity contribution in [3.63, 3.8) is 0 Å². The summed E-state index contributed by atoms with van der Waals surface area (Å²) >= 11 is 0. The molecule has 1 N–H and O–H groups in total. The minimum Gasteiger partial charge on any atom is -0.492 e. The van der Waals surface area contributed by atoms with Crippen molar-refractivity contribution in [3.8, 4) is 5.75 Å². The Hall–Kier alpha value is -1.55. The van der Waals surface area contributed by atoms with Crippen LogP contribution >= 0.6 is 0 Å². The van der Waals surface area contributed by atoms with Crippen molar-refractivity contribution in [2.24, 2.45) is 5.16 Å². The molecule has 1 aromatic rings. The molecule has 2 aliphatic rings. The van der Waals surface area contributed by atoms with E-state index in [-0.39, 0.29) is 0 Å². The number of likely N-dealkylation sites (tertiary alicyclic amines) is 1. The van der Waals surface area contributed by atoms with Gasteiger partial charge in [-0.2, -0.15) is 0 Å². The monoisotopic (exact) mass is 274 g/mol. The third-order valence-electron chi connectivity index (χ3n) is 4.25. The number of fused-ring (bicyclic) bond motifs is 1. The summed E-state index contributed by atoms with van der Waals surface area (Å²) in [5.74, 6) is 0.881. The maximum atomic E-state index is 9.09. The predicted octanol–water partition coefficient (Wildman–Crippen LogP) is 2.68. The second kappa shape index (κ2) is 6.27. The number of hydrogen-bond donors (Lipinski definition) is 1. The molecule has 0 unspecified atom stereocenters. The highest BCUT2D eigenvalue weighted by molar-refractivity contribution is 6.02. The SMILES string of the molecule is O/N=C1/CCCc2ccc(OCCN3CCCC3)cc21. The molecule has 1 aromatic carbocycles. The van der Waals surface area contributed by atoms with Crippen molar-refractivity contribution in [3.05, 3.63) is 29.3 Å². The van der Waals surface area contributed by atoms with Crippen molar-refractivity contribution in [2.75, 3.05) is 26.2 Å². The molecule has 108 valence electrons. The molecule has 3 rings (SSSR count). The fourth-order valence-electron chi connectivity index (χ4n) is 3.12. The van der Waals surface area contributed by atoms with E-state index in [9.17, 15) is 0 Å². The summed E-state index contributed by atoms with van der Waals surface area (Å²) in [5.41, 5.74) is 3.10. The van der Waals surface area contributed by atoms with Gasteiger partial charge < -0.3 is 9.94 Å². The summed E-state index contributed by atoms with van der Waals surface area (Å²) < 4.78 is 5.85. The molecule has 0 amide bonds. The Morgan fingerprint density at radius 3 is 2.80 bits per heavy atom. The Labute approximate surface area is 120 Å². The molecule has 0 radical (unpaired) electrons. The Balaban J connectivity index is 1.62. The molecule has 1 aliphatic heterocycles. The third kappa shape index (κ3) is 2.96. The average Bonchev–Trinajstić information content (AvgIpc) is 3.00. The molecule has 0 bridgehead atoms. The molecule has 20 heavy (non-hydrogen) atoms. The number of nitrogens with zero attached hydrogens (tertiary/aromatic N) is 2. The van der Waals surface area contributed by atoms with Crippen molar-refractivity contribution in [1.29, 1.82) is 0 Å². The Morgan fingerprint density at radius 2 is 2.00 bits per heavy atom. The van der Waals surface area contributed by atoms with Gasteiger partial charge in [0.1, 0.15) is 12.4 Å². The van der Waals surface area contributed by atoms with E-state index in [1.54, 1.807) is 0 Å². The number of rotatable bonds is 4. The molecular formula is C16H22N2O2. The zero-order valence-corrected chi connectivity index (χ0v) is 11.8. The van der Waals surface area contributed by atoms with Crippen LogP contribution in [0.25, 0.3) is 0 Å². The molecule has 4 nitrogen and oxygen atoms in total. The first kappa shape index (κ1) is 13.4. The Morgan fingerprint density at radius 1 is 1.15 bits per heavy atom. The molecule has 1 aliphatic carbocycles. The zero-order valence-electron chi connectivity index (χ0n) is 11.8. The Kier molecular flexibility index (Phi) is 4.21. The van der Waals surface area contributed by atoms with Crippen molar-refractivity contribution in [1.82, 2.24) is 4.90 Å². The highest BCUT2D eigenvalue weighted by Crippen LogP contribution is 2.26. The summed E-state index contributed by atoms with van der Waals surface area (Å²) in [4.78, 5) is 2.44. The number of benzene rings is 1. The van der Waals surface area contributed by atoms with Crippen molar-refractivity contribution < 1.29 is 9.94 Å². The summed E-state index contributed by atoms with van der Waals surface area (Å²) in [6.07, 6.45) is 5.59. The van der Waals surface area contributed by atoms with E-state index in [0.29, 0.717) is 0 Å². The molecule has 4 heteroatoms. The van der Waals surface area contributed by atoms with Gasteiger partial charge >= 0.3 is 0 Å². The lowest BCUT2D eigenvalue weighted by Crippen LogP contribution is -2.25. The van der Waals surface area contributed by atoms with Crippen LogP contribution in [0.2, 0.25) is 0 Å². The van der Waals surface area contributed by atoms with E-state index in [0.717, 1.165) is 49.4 Å². The highest BCUT2D eigenvalue weighted by atomic mass is 16.5. The topological polar surface area (TPSA) is 45.1 Å². The van der Waals surface area contributed by atoms with Crippen molar-refractivity contribution >= 4 is 5.71 Å². The first-order valence-corrected chi connectivity index (χ1v) is 7.56.